The molecule has 0 aromatic heterocycles. The van der Waals surface area contributed by atoms with Crippen LogP contribution in [0.25, 0.3) is 0 Å². The molecule has 0 amide bonds. The predicted molar refractivity (Wildman–Crippen MR) is 130 cm³/mol. The van der Waals surface area contributed by atoms with Gasteiger partial charge in [-0.3, -0.25) is 0 Å². The molecule has 2 aromatic rings. The van der Waals surface area contributed by atoms with Crippen molar-refractivity contribution in [3.63, 3.8) is 0 Å². The average molecular weight is 355 g/mol. The van der Waals surface area contributed by atoms with Crippen molar-refractivity contribution in [3.8, 4) is 0 Å². The van der Waals surface area contributed by atoms with Gasteiger partial charge in [-0.1, -0.05) is 164 Å². The summed E-state index contributed by atoms with van der Waals surface area (Å²) in [7, 11) is 0. The van der Waals surface area contributed by atoms with Gasteiger partial charge in [0.1, 0.15) is 0 Å². The van der Waals surface area contributed by atoms with Crippen LogP contribution in [-0.2, 0) is 0 Å². The Balaban J connectivity index is -0.0000000241. The Morgan fingerprint density at radius 2 is 0.240 bits per heavy atom. The first-order valence-corrected chi connectivity index (χ1v) is 9.00. The van der Waals surface area contributed by atoms with Gasteiger partial charge in [0.05, 0.1) is 0 Å². The Bertz CT molecular complexity index is 175. The lowest BCUT2D eigenvalue weighted by atomic mass is 10.4. The fourth-order valence-corrected chi connectivity index (χ4v) is 0.770. The summed E-state index contributed by atoms with van der Waals surface area (Å²) in [5.41, 5.74) is 0. The number of benzene rings is 2. The van der Waals surface area contributed by atoms with Crippen molar-refractivity contribution < 1.29 is 0 Å². The summed E-state index contributed by atoms with van der Waals surface area (Å²) >= 11 is 0. The van der Waals surface area contributed by atoms with E-state index in [4.69, 9.17) is 0 Å². The molecule has 0 aliphatic rings. The molecule has 154 valence electrons. The van der Waals surface area contributed by atoms with Crippen molar-refractivity contribution in [2.45, 2.75) is 91.5 Å². The lowest BCUT2D eigenvalue weighted by Gasteiger charge is -1.69. The van der Waals surface area contributed by atoms with E-state index in [0.29, 0.717) is 0 Å². The zero-order chi connectivity index (χ0) is 18.5. The summed E-state index contributed by atoms with van der Waals surface area (Å²) in [5, 5.41) is 0. The maximum absolute atomic E-state index is 2.00. The first kappa shape index (κ1) is 49.5. The molecule has 0 unspecified atom stereocenters. The van der Waals surface area contributed by atoms with Crippen LogP contribution in [0.3, 0.4) is 0 Å². The first-order valence-electron chi connectivity index (χ1n) is 9.00. The molecule has 0 N–H and O–H groups in total. The molecule has 0 aliphatic heterocycles. The standard InChI is InChI=1S/2C6H6.5C2H6.3CH4/c2*1-2-4-6-5-3-1;5*1-2;;;/h2*1-6H;5*1-2H3;3*1H4. The maximum Gasteiger partial charge on any atom is -0.0623 e. The molecule has 0 radical (unpaired) electrons. The Kier molecular flexibility index (Phi) is 187. The van der Waals surface area contributed by atoms with Gasteiger partial charge >= 0.3 is 0 Å². The van der Waals surface area contributed by atoms with Gasteiger partial charge in [0.15, 0.2) is 0 Å². The van der Waals surface area contributed by atoms with Gasteiger partial charge in [0, 0.05) is 0 Å². The quantitative estimate of drug-likeness (QED) is 0.441. The molecule has 0 saturated carbocycles. The predicted octanol–water partition coefficient (Wildman–Crippen LogP) is 10.4. The van der Waals surface area contributed by atoms with Gasteiger partial charge in [-0.15, -0.1) is 0 Å². The Labute approximate surface area is 164 Å². The van der Waals surface area contributed by atoms with Crippen molar-refractivity contribution in [3.05, 3.63) is 72.8 Å². The summed E-state index contributed by atoms with van der Waals surface area (Å²) in [6.07, 6.45) is 0. The second kappa shape index (κ2) is 94.6. The van der Waals surface area contributed by atoms with Gasteiger partial charge in [-0.25, -0.2) is 0 Å². The summed E-state index contributed by atoms with van der Waals surface area (Å²) < 4.78 is 0. The minimum absolute atomic E-state index is 0. The Morgan fingerprint density at radius 3 is 0.280 bits per heavy atom. The van der Waals surface area contributed by atoms with Gasteiger partial charge in [-0.05, 0) is 0 Å². The number of hydrogen-bond donors (Lipinski definition) is 0. The van der Waals surface area contributed by atoms with Crippen LogP contribution < -0.4 is 0 Å². The van der Waals surface area contributed by atoms with E-state index in [9.17, 15) is 0 Å². The molecule has 0 heteroatoms. The normalized spacial score (nSPS) is 5.04. The molecule has 0 nitrogen and oxygen atoms in total. The van der Waals surface area contributed by atoms with Crippen LogP contribution in [-0.4, -0.2) is 0 Å². The second-order valence-corrected chi connectivity index (χ2v) is 2.31. The van der Waals surface area contributed by atoms with Crippen LogP contribution in [0, 0.1) is 0 Å². The van der Waals surface area contributed by atoms with E-state index in [1.54, 1.807) is 0 Å². The topological polar surface area (TPSA) is 0 Å². The van der Waals surface area contributed by atoms with Crippen molar-refractivity contribution in [2.75, 3.05) is 0 Å². The third-order valence-electron chi connectivity index (χ3n) is 1.33. The smallest absolute Gasteiger partial charge is 0.0623 e. The summed E-state index contributed by atoms with van der Waals surface area (Å²) in [4.78, 5) is 0. The molecule has 2 aromatic carbocycles. The van der Waals surface area contributed by atoms with Crippen LogP contribution >= 0.6 is 0 Å². The number of rotatable bonds is 0. The molecule has 25 heavy (non-hydrogen) atoms. The average Bonchev–Trinajstić information content (AvgIpc) is 2.73. The zero-order valence-corrected chi connectivity index (χ0v) is 16.9. The van der Waals surface area contributed by atoms with Crippen LogP contribution in [0.15, 0.2) is 72.8 Å². The van der Waals surface area contributed by atoms with Gasteiger partial charge in [0.2, 0.25) is 0 Å². The van der Waals surface area contributed by atoms with Crippen molar-refractivity contribution >= 4 is 0 Å². The minimum atomic E-state index is 0. The summed E-state index contributed by atoms with van der Waals surface area (Å²) in [5.74, 6) is 0. The monoisotopic (exact) mass is 354 g/mol. The molecule has 0 fully saturated rings. The molecule has 0 saturated heterocycles. The van der Waals surface area contributed by atoms with E-state index < -0.39 is 0 Å². The third kappa shape index (κ3) is 86.0. The molecule has 2 rings (SSSR count). The van der Waals surface area contributed by atoms with Crippen molar-refractivity contribution in [1.29, 1.82) is 0 Å². The number of hydrogen-bond acceptors (Lipinski definition) is 0. The first-order chi connectivity index (χ1) is 11.0. The molecular formula is C25H54. The molecule has 0 spiro atoms. The van der Waals surface area contributed by atoms with Crippen LogP contribution in [0.5, 0.6) is 0 Å². The highest BCUT2D eigenvalue weighted by Gasteiger charge is 1.58. The SMILES string of the molecule is C.C.C.CC.CC.CC.CC.CC.c1ccccc1.c1ccccc1. The van der Waals surface area contributed by atoms with Crippen LogP contribution in [0.4, 0.5) is 0 Å². The van der Waals surface area contributed by atoms with E-state index in [1.807, 2.05) is 142 Å². The lowest BCUT2D eigenvalue weighted by molar-refractivity contribution is 1.50. The highest BCUT2D eigenvalue weighted by atomic mass is 13.7. The molecule has 0 bridgehead atoms. The van der Waals surface area contributed by atoms with Gasteiger partial charge < -0.3 is 0 Å². The highest BCUT2D eigenvalue weighted by Crippen LogP contribution is 1.80. The third-order valence-corrected chi connectivity index (χ3v) is 1.33. The minimum Gasteiger partial charge on any atom is -0.0776 e. The summed E-state index contributed by atoms with van der Waals surface area (Å²) in [6.45, 7) is 20.0. The Hall–Kier alpha value is -1.56. The Morgan fingerprint density at radius 1 is 0.200 bits per heavy atom. The zero-order valence-electron chi connectivity index (χ0n) is 16.9. The van der Waals surface area contributed by atoms with E-state index in [0.717, 1.165) is 0 Å². The maximum atomic E-state index is 2.00. The fraction of sp³-hybridized carbons (Fsp3) is 0.520. The van der Waals surface area contributed by atoms with Crippen molar-refractivity contribution in [2.24, 2.45) is 0 Å². The van der Waals surface area contributed by atoms with E-state index in [2.05, 4.69) is 0 Å². The van der Waals surface area contributed by atoms with Crippen LogP contribution in [0.1, 0.15) is 91.5 Å². The van der Waals surface area contributed by atoms with E-state index in [1.165, 1.54) is 0 Å². The fourth-order valence-electron chi connectivity index (χ4n) is 0.770. The van der Waals surface area contributed by atoms with Gasteiger partial charge in [-0.2, -0.15) is 0 Å². The van der Waals surface area contributed by atoms with E-state index in [-0.39, 0.29) is 22.3 Å². The molecule has 0 atom stereocenters. The molecule has 0 heterocycles. The highest BCUT2D eigenvalue weighted by molar-refractivity contribution is 4.99. The molecule has 0 aliphatic carbocycles. The molecular weight excluding hydrogens is 300 g/mol. The van der Waals surface area contributed by atoms with Crippen molar-refractivity contribution in [1.82, 2.24) is 0 Å². The van der Waals surface area contributed by atoms with E-state index >= 15 is 0 Å². The second-order valence-electron chi connectivity index (χ2n) is 2.31. The lowest BCUT2D eigenvalue weighted by Crippen LogP contribution is -1.47. The van der Waals surface area contributed by atoms with Crippen LogP contribution in [0.2, 0.25) is 0 Å². The largest absolute Gasteiger partial charge is 0.0776 e. The van der Waals surface area contributed by atoms with Gasteiger partial charge in [0.25, 0.3) is 0 Å². The summed E-state index contributed by atoms with van der Waals surface area (Å²) in [6, 6.07) is 24.0.